The Morgan fingerprint density at radius 3 is 1.57 bits per heavy atom. The Kier molecular flexibility index (Phi) is 28.1. The summed E-state index contributed by atoms with van der Waals surface area (Å²) in [6, 6.07) is 25.4. The number of carbonyl (C=O) groups excluding carboxylic acids is 7. The van der Waals surface area contributed by atoms with Gasteiger partial charge in [0.2, 0.25) is 5.91 Å². The monoisotopic (exact) mass is 1030 g/mol. The second-order valence-corrected chi connectivity index (χ2v) is 18.8. The highest BCUT2D eigenvalue weighted by Crippen LogP contribution is 2.31. The number of carbonyl (C=O) groups is 7. The predicted octanol–water partition coefficient (Wildman–Crippen LogP) is 9.92. The summed E-state index contributed by atoms with van der Waals surface area (Å²) < 4.78 is 47.6. The summed E-state index contributed by atoms with van der Waals surface area (Å²) in [6.07, 6.45) is 6.20. The highest BCUT2D eigenvalue weighted by Gasteiger charge is 2.53. The Balaban J connectivity index is 1.72. The van der Waals surface area contributed by atoms with Crippen LogP contribution in [-0.4, -0.2) is 104 Å². The summed E-state index contributed by atoms with van der Waals surface area (Å²) >= 11 is 0. The number of ether oxygens (including phenoxy) is 8. The van der Waals surface area contributed by atoms with Gasteiger partial charge in [0.25, 0.3) is 0 Å². The molecule has 0 spiro atoms. The first kappa shape index (κ1) is 60.4. The number of benzene rings is 3. The maximum absolute atomic E-state index is 14.2. The van der Waals surface area contributed by atoms with Gasteiger partial charge in [0.15, 0.2) is 30.7 Å². The van der Waals surface area contributed by atoms with Crippen LogP contribution in [0.1, 0.15) is 170 Å². The van der Waals surface area contributed by atoms with Crippen molar-refractivity contribution in [3.63, 3.8) is 0 Å². The second kappa shape index (κ2) is 34.4. The molecule has 1 aliphatic heterocycles. The highest BCUT2D eigenvalue weighted by atomic mass is 16.7. The molecule has 8 atom stereocenters. The Labute approximate surface area is 437 Å². The lowest BCUT2D eigenvalue weighted by molar-refractivity contribution is -0.309. The molecule has 406 valence electrons. The van der Waals surface area contributed by atoms with Gasteiger partial charge in [-0.1, -0.05) is 151 Å². The number of esters is 6. The number of aryl methyl sites for hydroxylation is 1. The average Bonchev–Trinajstić information content (AvgIpc) is 3.38. The van der Waals surface area contributed by atoms with Crippen LogP contribution in [0, 0.1) is 0 Å². The molecule has 3 aromatic rings. The molecular weight excluding hydrogens is 951 g/mol. The molecule has 0 bridgehead atoms. The fourth-order valence-electron chi connectivity index (χ4n) is 8.89. The molecule has 5 unspecified atom stereocenters. The zero-order valence-electron chi connectivity index (χ0n) is 44.0. The van der Waals surface area contributed by atoms with Gasteiger partial charge in [-0.05, 0) is 61.9 Å². The summed E-state index contributed by atoms with van der Waals surface area (Å²) in [5.74, 6) is -5.05. The van der Waals surface area contributed by atoms with Crippen LogP contribution in [0.5, 0.6) is 0 Å². The maximum atomic E-state index is 14.2. The minimum absolute atomic E-state index is 0.0803. The van der Waals surface area contributed by atoms with Crippen LogP contribution in [0.3, 0.4) is 0 Å². The molecule has 16 nitrogen and oxygen atoms in total. The van der Waals surface area contributed by atoms with Crippen LogP contribution < -0.4 is 5.32 Å². The number of hydrogen-bond donors (Lipinski definition) is 1. The lowest BCUT2D eigenvalue weighted by Gasteiger charge is -2.44. The van der Waals surface area contributed by atoms with Crippen molar-refractivity contribution in [3.8, 4) is 0 Å². The zero-order valence-corrected chi connectivity index (χ0v) is 44.0. The zero-order chi connectivity index (χ0) is 53.5. The van der Waals surface area contributed by atoms with Crippen molar-refractivity contribution in [1.82, 2.24) is 5.32 Å². The fraction of sp³-hybridized carbons (Fsp3) is 0.569. The Bertz CT molecular complexity index is 2140. The third-order valence-corrected chi connectivity index (χ3v) is 12.6. The molecule has 4 rings (SSSR count). The molecule has 1 saturated heterocycles. The van der Waals surface area contributed by atoms with E-state index < -0.39 is 104 Å². The average molecular weight is 1030 g/mol. The quantitative estimate of drug-likeness (QED) is 0.0336. The van der Waals surface area contributed by atoms with Gasteiger partial charge in [-0.3, -0.25) is 24.0 Å². The fourth-order valence-corrected chi connectivity index (χ4v) is 8.89. The normalized spacial score (nSPS) is 18.4. The largest absolute Gasteiger partial charge is 0.463 e. The van der Waals surface area contributed by atoms with E-state index in [9.17, 15) is 33.6 Å². The third-order valence-electron chi connectivity index (χ3n) is 12.6. The molecule has 1 amide bonds. The summed E-state index contributed by atoms with van der Waals surface area (Å²) in [4.78, 5) is 92.4. The molecule has 1 aliphatic rings. The van der Waals surface area contributed by atoms with Gasteiger partial charge < -0.3 is 43.2 Å². The molecule has 1 fully saturated rings. The van der Waals surface area contributed by atoms with E-state index in [1.807, 2.05) is 18.2 Å². The van der Waals surface area contributed by atoms with Crippen molar-refractivity contribution >= 4 is 41.7 Å². The van der Waals surface area contributed by atoms with Crippen LogP contribution >= 0.6 is 0 Å². The molecule has 3 aromatic carbocycles. The molecule has 0 radical (unpaired) electrons. The first-order chi connectivity index (χ1) is 35.7. The summed E-state index contributed by atoms with van der Waals surface area (Å²) in [6.45, 7) is 5.67. The van der Waals surface area contributed by atoms with E-state index in [1.165, 1.54) is 44.1 Å². The molecule has 0 aromatic heterocycles. The molecule has 1 heterocycles. The Morgan fingerprint density at radius 1 is 0.541 bits per heavy atom. The third kappa shape index (κ3) is 23.0. The molecular formula is C58H79NO15. The highest BCUT2D eigenvalue weighted by molar-refractivity contribution is 5.90. The minimum Gasteiger partial charge on any atom is -0.463 e. The summed E-state index contributed by atoms with van der Waals surface area (Å²) in [5.41, 5.74) is 1.63. The van der Waals surface area contributed by atoms with Crippen molar-refractivity contribution in [2.45, 2.75) is 199 Å². The van der Waals surface area contributed by atoms with Crippen molar-refractivity contribution in [2.75, 3.05) is 13.2 Å². The lowest BCUT2D eigenvalue weighted by atomic mass is 9.97. The topological polar surface area (TPSA) is 205 Å². The van der Waals surface area contributed by atoms with Gasteiger partial charge in [0, 0.05) is 34.1 Å². The second-order valence-electron chi connectivity index (χ2n) is 18.8. The van der Waals surface area contributed by atoms with Crippen LogP contribution in [0.2, 0.25) is 0 Å². The van der Waals surface area contributed by atoms with Crippen molar-refractivity contribution in [2.24, 2.45) is 0 Å². The van der Waals surface area contributed by atoms with E-state index in [2.05, 4.69) is 24.4 Å². The maximum Gasteiger partial charge on any atom is 0.338 e. The first-order valence-electron chi connectivity index (χ1n) is 26.5. The number of rotatable bonds is 34. The smallest absolute Gasteiger partial charge is 0.338 e. The predicted molar refractivity (Wildman–Crippen MR) is 275 cm³/mol. The van der Waals surface area contributed by atoms with Gasteiger partial charge in [-0.2, -0.15) is 0 Å². The van der Waals surface area contributed by atoms with E-state index >= 15 is 0 Å². The minimum atomic E-state index is -1.64. The molecule has 74 heavy (non-hydrogen) atoms. The Hall–Kier alpha value is -6.13. The van der Waals surface area contributed by atoms with E-state index in [0.717, 1.165) is 79.1 Å². The number of nitrogens with one attached hydrogen (secondary N) is 1. The number of hydrogen-bond acceptors (Lipinski definition) is 15. The van der Waals surface area contributed by atoms with Gasteiger partial charge in [0.1, 0.15) is 18.8 Å². The van der Waals surface area contributed by atoms with Crippen LogP contribution in [-0.2, 0) is 68.3 Å². The number of unbranched alkanes of at least 4 members (excludes halogenated alkanes) is 13. The summed E-state index contributed by atoms with van der Waals surface area (Å²) in [5, 5.41) is 3.03. The van der Waals surface area contributed by atoms with Gasteiger partial charge in [-0.25, -0.2) is 9.59 Å². The van der Waals surface area contributed by atoms with Crippen LogP contribution in [0.25, 0.3) is 0 Å². The summed E-state index contributed by atoms with van der Waals surface area (Å²) in [7, 11) is 0. The molecule has 0 aliphatic carbocycles. The van der Waals surface area contributed by atoms with Crippen LogP contribution in [0.15, 0.2) is 91.0 Å². The van der Waals surface area contributed by atoms with Crippen molar-refractivity contribution in [3.05, 3.63) is 108 Å². The first-order valence-corrected chi connectivity index (χ1v) is 26.5. The molecule has 16 heteroatoms. The van der Waals surface area contributed by atoms with E-state index in [-0.39, 0.29) is 24.0 Å². The van der Waals surface area contributed by atoms with Gasteiger partial charge in [-0.15, -0.1) is 0 Å². The molecule has 0 saturated carbocycles. The van der Waals surface area contributed by atoms with Crippen molar-refractivity contribution < 1.29 is 71.5 Å². The van der Waals surface area contributed by atoms with Gasteiger partial charge in [0.05, 0.1) is 23.8 Å². The van der Waals surface area contributed by atoms with E-state index in [0.29, 0.717) is 12.8 Å². The van der Waals surface area contributed by atoms with Crippen LogP contribution in [0.4, 0.5) is 0 Å². The Morgan fingerprint density at radius 2 is 1.03 bits per heavy atom. The molecule has 1 N–H and O–H groups in total. The van der Waals surface area contributed by atoms with Crippen molar-refractivity contribution in [1.29, 1.82) is 0 Å². The van der Waals surface area contributed by atoms with E-state index in [4.69, 9.17) is 37.9 Å². The lowest BCUT2D eigenvalue weighted by Crippen LogP contribution is -2.63. The number of amides is 1. The van der Waals surface area contributed by atoms with Gasteiger partial charge >= 0.3 is 35.8 Å². The standard InChI is InChI=1S/C58H79NO15/c1-6-7-8-9-10-11-12-13-14-15-16-28-37-49(72-56(65)46-33-24-19-25-34-46)52(74-57(66)47-35-26-20-27-36-47)48(59-51(64)38-29-18-23-32-45-30-21-17-22-31-45)39-68-58-55(71-44(5)63)54(70-43(4)62)53(69-42(3)61)50(73-58)40-67-41(2)60/h17,19-22,24-27,30-31,33-36,48-50,52-55,58H,6-16,18,23,28-29,32,37-40H2,1-5H3,(H,59,64)/t48-,49+,50?,52-,53?,54?,55?,58?/m0/s1. The SMILES string of the molecule is CCCCCCCCCCCCCC[C@@H](OC(=O)c1ccccc1)[C@@H](OC(=O)c1ccccc1)[C@H](COC1OC(COC(C)=O)C(OC(C)=O)C(OC(C)=O)C1OC(C)=O)NC(=O)CCCCCc1ccccc1. The van der Waals surface area contributed by atoms with E-state index in [1.54, 1.807) is 60.7 Å².